The molecule has 0 unspecified atom stereocenters. The third-order valence-electron chi connectivity index (χ3n) is 2.89. The van der Waals surface area contributed by atoms with Crippen LogP contribution in [-0.4, -0.2) is 24.8 Å². The summed E-state index contributed by atoms with van der Waals surface area (Å²) in [6.45, 7) is 0.699. The fraction of sp³-hybridized carbons (Fsp3) is 0.462. The first kappa shape index (κ1) is 11.8. The van der Waals surface area contributed by atoms with Gasteiger partial charge in [0.1, 0.15) is 0 Å². The predicted octanol–water partition coefficient (Wildman–Crippen LogP) is 2.04. The second-order valence-electron chi connectivity index (χ2n) is 4.13. The standard InChI is InChI=1S/C13H16O4/c1-16-11-8-9(3-2-4-12(14)15)7-10-5-6-17-13(10)11/h7-8H,2-6H2,1H3,(H,14,15). The van der Waals surface area contributed by atoms with Gasteiger partial charge < -0.3 is 14.6 Å². The highest BCUT2D eigenvalue weighted by Gasteiger charge is 2.18. The van der Waals surface area contributed by atoms with E-state index in [1.807, 2.05) is 6.07 Å². The van der Waals surface area contributed by atoms with Crippen molar-refractivity contribution in [2.24, 2.45) is 0 Å². The van der Waals surface area contributed by atoms with Gasteiger partial charge in [0.25, 0.3) is 0 Å². The third-order valence-corrected chi connectivity index (χ3v) is 2.89. The molecule has 0 radical (unpaired) electrons. The molecule has 4 heteroatoms. The SMILES string of the molecule is COc1cc(CCCC(=O)O)cc2c1OCC2. The number of ether oxygens (including phenoxy) is 2. The van der Waals surface area contributed by atoms with Crippen molar-refractivity contribution in [1.82, 2.24) is 0 Å². The molecule has 1 aromatic carbocycles. The van der Waals surface area contributed by atoms with Crippen LogP contribution in [0.15, 0.2) is 12.1 Å². The normalized spacial score (nSPS) is 13.0. The van der Waals surface area contributed by atoms with Crippen molar-refractivity contribution in [2.75, 3.05) is 13.7 Å². The summed E-state index contributed by atoms with van der Waals surface area (Å²) in [7, 11) is 1.62. The lowest BCUT2D eigenvalue weighted by Gasteiger charge is -2.09. The van der Waals surface area contributed by atoms with E-state index in [0.29, 0.717) is 13.0 Å². The van der Waals surface area contributed by atoms with Crippen LogP contribution in [0.3, 0.4) is 0 Å². The molecule has 4 nitrogen and oxygen atoms in total. The number of carboxylic acids is 1. The van der Waals surface area contributed by atoms with Gasteiger partial charge in [0.15, 0.2) is 11.5 Å². The van der Waals surface area contributed by atoms with Crippen LogP contribution in [0.1, 0.15) is 24.0 Å². The van der Waals surface area contributed by atoms with E-state index < -0.39 is 5.97 Å². The summed E-state index contributed by atoms with van der Waals surface area (Å²) >= 11 is 0. The number of benzene rings is 1. The maximum Gasteiger partial charge on any atom is 0.303 e. The molecule has 0 amide bonds. The Morgan fingerprint density at radius 3 is 3.06 bits per heavy atom. The molecule has 1 N–H and O–H groups in total. The zero-order chi connectivity index (χ0) is 12.3. The quantitative estimate of drug-likeness (QED) is 0.850. The summed E-state index contributed by atoms with van der Waals surface area (Å²) in [5.41, 5.74) is 2.28. The molecule has 0 spiro atoms. The van der Waals surface area contributed by atoms with Crippen LogP contribution < -0.4 is 9.47 Å². The Morgan fingerprint density at radius 2 is 2.35 bits per heavy atom. The van der Waals surface area contributed by atoms with Crippen LogP contribution in [0.4, 0.5) is 0 Å². The number of fused-ring (bicyclic) bond motifs is 1. The highest BCUT2D eigenvalue weighted by atomic mass is 16.5. The van der Waals surface area contributed by atoms with Gasteiger partial charge >= 0.3 is 5.97 Å². The highest BCUT2D eigenvalue weighted by Crippen LogP contribution is 2.37. The minimum Gasteiger partial charge on any atom is -0.493 e. The predicted molar refractivity (Wildman–Crippen MR) is 62.8 cm³/mol. The van der Waals surface area contributed by atoms with Crippen molar-refractivity contribution < 1.29 is 19.4 Å². The van der Waals surface area contributed by atoms with Crippen LogP contribution in [0.2, 0.25) is 0 Å². The van der Waals surface area contributed by atoms with Gasteiger partial charge in [0, 0.05) is 18.4 Å². The Bertz CT molecular complexity index is 426. The van der Waals surface area contributed by atoms with Crippen molar-refractivity contribution in [3.63, 3.8) is 0 Å². The van der Waals surface area contributed by atoms with E-state index in [4.69, 9.17) is 14.6 Å². The van der Waals surface area contributed by atoms with Crippen LogP contribution in [0, 0.1) is 0 Å². The summed E-state index contributed by atoms with van der Waals surface area (Å²) in [4.78, 5) is 10.5. The first-order valence-corrected chi connectivity index (χ1v) is 5.75. The molecule has 1 heterocycles. The van der Waals surface area contributed by atoms with Gasteiger partial charge in [-0.1, -0.05) is 6.07 Å². The van der Waals surface area contributed by atoms with E-state index in [0.717, 1.165) is 35.5 Å². The van der Waals surface area contributed by atoms with E-state index in [9.17, 15) is 4.79 Å². The van der Waals surface area contributed by atoms with Crippen LogP contribution in [0.25, 0.3) is 0 Å². The number of hydrogen-bond donors (Lipinski definition) is 1. The van der Waals surface area contributed by atoms with E-state index in [1.54, 1.807) is 7.11 Å². The van der Waals surface area contributed by atoms with E-state index in [2.05, 4.69) is 6.07 Å². The molecule has 0 fully saturated rings. The molecule has 1 aromatic rings. The van der Waals surface area contributed by atoms with Crippen molar-refractivity contribution in [2.45, 2.75) is 25.7 Å². The molecular formula is C13H16O4. The molecule has 0 saturated carbocycles. The lowest BCUT2D eigenvalue weighted by atomic mass is 10.0. The molecule has 1 aliphatic rings. The van der Waals surface area contributed by atoms with Gasteiger partial charge in [0.2, 0.25) is 0 Å². The second kappa shape index (κ2) is 5.08. The molecule has 92 valence electrons. The van der Waals surface area contributed by atoms with Crippen LogP contribution >= 0.6 is 0 Å². The Hall–Kier alpha value is -1.71. The molecule has 1 aliphatic heterocycles. The lowest BCUT2D eigenvalue weighted by Crippen LogP contribution is -1.97. The Labute approximate surface area is 100 Å². The summed E-state index contributed by atoms with van der Waals surface area (Å²) < 4.78 is 10.8. The number of carboxylic acid groups (broad SMARTS) is 1. The van der Waals surface area contributed by atoms with Crippen molar-refractivity contribution in [1.29, 1.82) is 0 Å². The van der Waals surface area contributed by atoms with E-state index in [1.165, 1.54) is 0 Å². The zero-order valence-corrected chi connectivity index (χ0v) is 9.86. The smallest absolute Gasteiger partial charge is 0.303 e. The van der Waals surface area contributed by atoms with Gasteiger partial charge in [-0.2, -0.15) is 0 Å². The first-order valence-electron chi connectivity index (χ1n) is 5.75. The Kier molecular flexibility index (Phi) is 3.52. The molecule has 0 aromatic heterocycles. The number of methoxy groups -OCH3 is 1. The minimum absolute atomic E-state index is 0.204. The van der Waals surface area contributed by atoms with E-state index >= 15 is 0 Å². The van der Waals surface area contributed by atoms with Gasteiger partial charge in [-0.25, -0.2) is 0 Å². The molecule has 0 aliphatic carbocycles. The molecule has 17 heavy (non-hydrogen) atoms. The summed E-state index contributed by atoms with van der Waals surface area (Å²) in [6.07, 6.45) is 2.52. The largest absolute Gasteiger partial charge is 0.493 e. The number of aliphatic carboxylic acids is 1. The molecule has 0 atom stereocenters. The van der Waals surface area contributed by atoms with Gasteiger partial charge in [-0.15, -0.1) is 0 Å². The first-order chi connectivity index (χ1) is 8.20. The Balaban J connectivity index is 2.10. The van der Waals surface area contributed by atoms with Crippen molar-refractivity contribution >= 4 is 5.97 Å². The fourth-order valence-corrected chi connectivity index (χ4v) is 2.08. The average Bonchev–Trinajstić information content (AvgIpc) is 2.75. The summed E-state index contributed by atoms with van der Waals surface area (Å²) in [6, 6.07) is 4.03. The number of carbonyl (C=O) groups is 1. The molecule has 0 bridgehead atoms. The van der Waals surface area contributed by atoms with E-state index in [-0.39, 0.29) is 6.42 Å². The van der Waals surface area contributed by atoms with Crippen LogP contribution in [-0.2, 0) is 17.6 Å². The monoisotopic (exact) mass is 236 g/mol. The molecule has 0 saturated heterocycles. The maximum atomic E-state index is 10.5. The Morgan fingerprint density at radius 1 is 1.53 bits per heavy atom. The summed E-state index contributed by atoms with van der Waals surface area (Å²) in [5.74, 6) is 0.848. The highest BCUT2D eigenvalue weighted by molar-refractivity contribution is 5.66. The van der Waals surface area contributed by atoms with Gasteiger partial charge in [-0.3, -0.25) is 4.79 Å². The van der Waals surface area contributed by atoms with Gasteiger partial charge in [0.05, 0.1) is 13.7 Å². The second-order valence-corrected chi connectivity index (χ2v) is 4.13. The number of hydrogen-bond acceptors (Lipinski definition) is 3. The molecular weight excluding hydrogens is 220 g/mol. The average molecular weight is 236 g/mol. The number of rotatable bonds is 5. The zero-order valence-electron chi connectivity index (χ0n) is 9.86. The molecule has 2 rings (SSSR count). The maximum absolute atomic E-state index is 10.5. The van der Waals surface area contributed by atoms with Crippen molar-refractivity contribution in [3.05, 3.63) is 23.3 Å². The summed E-state index contributed by atoms with van der Waals surface area (Å²) in [5, 5.41) is 8.60. The third kappa shape index (κ3) is 2.70. The van der Waals surface area contributed by atoms with Crippen LogP contribution in [0.5, 0.6) is 11.5 Å². The number of aryl methyl sites for hydroxylation is 1. The fourth-order valence-electron chi connectivity index (χ4n) is 2.08. The van der Waals surface area contributed by atoms with Gasteiger partial charge in [-0.05, 0) is 24.5 Å². The lowest BCUT2D eigenvalue weighted by molar-refractivity contribution is -0.137. The minimum atomic E-state index is -0.749. The topological polar surface area (TPSA) is 55.8 Å². The van der Waals surface area contributed by atoms with Crippen molar-refractivity contribution in [3.8, 4) is 11.5 Å².